The van der Waals surface area contributed by atoms with Crippen LogP contribution in [0.15, 0.2) is 60.0 Å². The molecule has 1 N–H and O–H groups in total. The number of hydrogen-bond acceptors (Lipinski definition) is 4. The number of unbranched alkanes of at least 4 members (excludes halogenated alkanes) is 1. The Morgan fingerprint density at radius 3 is 2.56 bits per heavy atom. The van der Waals surface area contributed by atoms with Gasteiger partial charge in [-0.25, -0.2) is 4.98 Å². The molecule has 1 unspecified atom stereocenters. The lowest BCUT2D eigenvalue weighted by atomic mass is 9.94. The van der Waals surface area contributed by atoms with E-state index in [1.165, 1.54) is 32.2 Å². The molecule has 2 heterocycles. The number of likely N-dealkylation sites (tertiary alicyclic amines) is 1. The Bertz CT molecular complexity index is 1040. The number of rotatable bonds is 10. The van der Waals surface area contributed by atoms with Crippen molar-refractivity contribution in [1.29, 1.82) is 0 Å². The van der Waals surface area contributed by atoms with Crippen molar-refractivity contribution >= 4 is 22.9 Å². The second kappa shape index (κ2) is 12.3. The molecular weight excluding hydrogens is 438 g/mol. The van der Waals surface area contributed by atoms with Gasteiger partial charge in [0.25, 0.3) is 5.91 Å². The quantitative estimate of drug-likeness (QED) is 0.331. The van der Waals surface area contributed by atoms with Gasteiger partial charge in [0.15, 0.2) is 0 Å². The highest BCUT2D eigenvalue weighted by atomic mass is 32.1. The van der Waals surface area contributed by atoms with Crippen LogP contribution >= 0.6 is 11.3 Å². The van der Waals surface area contributed by atoms with Crippen molar-refractivity contribution in [3.8, 4) is 11.1 Å². The van der Waals surface area contributed by atoms with Crippen molar-refractivity contribution in [1.82, 2.24) is 9.88 Å². The van der Waals surface area contributed by atoms with E-state index < -0.39 is 0 Å². The van der Waals surface area contributed by atoms with Crippen LogP contribution in [0.1, 0.15) is 73.8 Å². The fourth-order valence-electron chi connectivity index (χ4n) is 4.87. The van der Waals surface area contributed by atoms with Gasteiger partial charge in [0.05, 0.1) is 5.01 Å². The van der Waals surface area contributed by atoms with Crippen molar-refractivity contribution in [2.24, 2.45) is 5.92 Å². The number of nitrogens with one attached hydrogen (secondary N) is 1. The van der Waals surface area contributed by atoms with E-state index in [0.717, 1.165) is 53.7 Å². The van der Waals surface area contributed by atoms with Gasteiger partial charge in [0, 0.05) is 29.1 Å². The molecule has 34 heavy (non-hydrogen) atoms. The van der Waals surface area contributed by atoms with E-state index in [1.54, 1.807) is 11.3 Å². The number of carbonyl (C=O) groups is 1. The lowest BCUT2D eigenvalue weighted by Crippen LogP contribution is -2.36. The highest BCUT2D eigenvalue weighted by molar-refractivity contribution is 7.10. The highest BCUT2D eigenvalue weighted by Gasteiger charge is 2.25. The number of thiazole rings is 1. The maximum absolute atomic E-state index is 13.0. The molecule has 1 saturated heterocycles. The summed E-state index contributed by atoms with van der Waals surface area (Å²) in [5, 5.41) is 6.12. The van der Waals surface area contributed by atoms with Gasteiger partial charge in [-0.05, 0) is 49.9 Å². The predicted molar refractivity (Wildman–Crippen MR) is 144 cm³/mol. The van der Waals surface area contributed by atoms with E-state index in [2.05, 4.69) is 36.2 Å². The SMILES string of the molecule is CCCCC(CC)CN1CCC(c2nc(C(=O)Nc3ccccc3-c3ccccc3)cs2)CC1. The van der Waals surface area contributed by atoms with E-state index in [1.807, 2.05) is 47.8 Å². The normalized spacial score (nSPS) is 15.8. The molecule has 3 aromatic rings. The maximum Gasteiger partial charge on any atom is 0.275 e. The lowest BCUT2D eigenvalue weighted by molar-refractivity contribution is 0.102. The molecule has 1 fully saturated rings. The van der Waals surface area contributed by atoms with E-state index in [0.29, 0.717) is 11.6 Å². The summed E-state index contributed by atoms with van der Waals surface area (Å²) in [6, 6.07) is 18.1. The molecule has 180 valence electrons. The molecule has 1 aromatic heterocycles. The average Bonchev–Trinajstić information content (AvgIpc) is 3.38. The third-order valence-corrected chi connectivity index (χ3v) is 8.02. The van der Waals surface area contributed by atoms with E-state index in [-0.39, 0.29) is 5.91 Å². The molecular formula is C29H37N3OS. The minimum Gasteiger partial charge on any atom is -0.320 e. The van der Waals surface area contributed by atoms with Crippen molar-refractivity contribution in [2.45, 2.75) is 58.3 Å². The van der Waals surface area contributed by atoms with Crippen LogP contribution in [0.25, 0.3) is 11.1 Å². The van der Waals surface area contributed by atoms with E-state index >= 15 is 0 Å². The fourth-order valence-corrected chi connectivity index (χ4v) is 5.84. The van der Waals surface area contributed by atoms with Crippen LogP contribution in [0.5, 0.6) is 0 Å². The second-order valence-corrected chi connectivity index (χ2v) is 10.3. The molecule has 1 aliphatic rings. The number of para-hydroxylation sites is 1. The largest absolute Gasteiger partial charge is 0.320 e. The first-order chi connectivity index (χ1) is 16.7. The maximum atomic E-state index is 13.0. The number of aromatic nitrogens is 1. The van der Waals surface area contributed by atoms with Gasteiger partial charge in [-0.3, -0.25) is 4.79 Å². The molecule has 1 aliphatic heterocycles. The molecule has 1 amide bonds. The van der Waals surface area contributed by atoms with Crippen LogP contribution in [-0.4, -0.2) is 35.4 Å². The first-order valence-corrected chi connectivity index (χ1v) is 13.7. The first kappa shape index (κ1) is 24.6. The third kappa shape index (κ3) is 6.34. The molecule has 0 bridgehead atoms. The monoisotopic (exact) mass is 475 g/mol. The fraction of sp³-hybridized carbons (Fsp3) is 0.448. The molecule has 0 aliphatic carbocycles. The molecule has 0 radical (unpaired) electrons. The minimum atomic E-state index is -0.134. The Hall–Kier alpha value is -2.50. The van der Waals surface area contributed by atoms with Crippen LogP contribution in [0.3, 0.4) is 0 Å². The van der Waals surface area contributed by atoms with E-state index in [9.17, 15) is 4.79 Å². The number of piperidine rings is 1. The molecule has 0 saturated carbocycles. The van der Waals surface area contributed by atoms with Crippen LogP contribution < -0.4 is 5.32 Å². The molecule has 1 atom stereocenters. The average molecular weight is 476 g/mol. The lowest BCUT2D eigenvalue weighted by Gasteiger charge is -2.33. The van der Waals surface area contributed by atoms with Gasteiger partial charge in [0.1, 0.15) is 5.69 Å². The van der Waals surface area contributed by atoms with Crippen LogP contribution in [0.2, 0.25) is 0 Å². The van der Waals surface area contributed by atoms with Crippen LogP contribution in [0, 0.1) is 5.92 Å². The summed E-state index contributed by atoms with van der Waals surface area (Å²) in [7, 11) is 0. The standard InChI is InChI=1S/C29H37N3OS/c1-3-5-11-22(4-2)20-32-18-16-24(17-19-32)29-31-27(21-34-29)28(33)30-26-15-10-9-14-25(26)23-12-7-6-8-13-23/h6-10,12-15,21-22,24H,3-5,11,16-20H2,1-2H3,(H,30,33). The van der Waals surface area contributed by atoms with E-state index in [4.69, 9.17) is 4.98 Å². The van der Waals surface area contributed by atoms with Gasteiger partial charge in [-0.1, -0.05) is 81.6 Å². The Labute approximate surface area is 208 Å². The van der Waals surface area contributed by atoms with Gasteiger partial charge in [-0.2, -0.15) is 0 Å². The van der Waals surface area contributed by atoms with Gasteiger partial charge in [-0.15, -0.1) is 11.3 Å². The summed E-state index contributed by atoms with van der Waals surface area (Å²) in [5.74, 6) is 1.16. The Kier molecular flexibility index (Phi) is 8.89. The zero-order valence-electron chi connectivity index (χ0n) is 20.5. The van der Waals surface area contributed by atoms with Crippen molar-refractivity contribution in [2.75, 3.05) is 25.0 Å². The zero-order valence-corrected chi connectivity index (χ0v) is 21.3. The predicted octanol–water partition coefficient (Wildman–Crippen LogP) is 7.46. The summed E-state index contributed by atoms with van der Waals surface area (Å²) in [5.41, 5.74) is 3.44. The third-order valence-electron chi connectivity index (χ3n) is 7.01. The summed E-state index contributed by atoms with van der Waals surface area (Å²) >= 11 is 1.64. The summed E-state index contributed by atoms with van der Waals surface area (Å²) < 4.78 is 0. The summed E-state index contributed by atoms with van der Waals surface area (Å²) in [6.07, 6.45) is 7.53. The van der Waals surface area contributed by atoms with Gasteiger partial charge < -0.3 is 10.2 Å². The van der Waals surface area contributed by atoms with Crippen molar-refractivity contribution in [3.05, 3.63) is 70.7 Å². The number of nitrogens with zero attached hydrogens (tertiary/aromatic N) is 2. The Morgan fingerprint density at radius 1 is 1.09 bits per heavy atom. The van der Waals surface area contributed by atoms with Crippen LogP contribution in [0.4, 0.5) is 5.69 Å². The number of carbonyl (C=O) groups excluding carboxylic acids is 1. The number of amides is 1. The smallest absolute Gasteiger partial charge is 0.275 e. The molecule has 0 spiro atoms. The minimum absolute atomic E-state index is 0.134. The molecule has 5 heteroatoms. The summed E-state index contributed by atoms with van der Waals surface area (Å²) in [4.78, 5) is 20.4. The second-order valence-electron chi connectivity index (χ2n) is 9.43. The van der Waals surface area contributed by atoms with Gasteiger partial charge in [0.2, 0.25) is 0 Å². The topological polar surface area (TPSA) is 45.2 Å². The Morgan fingerprint density at radius 2 is 1.82 bits per heavy atom. The molecule has 2 aromatic carbocycles. The highest BCUT2D eigenvalue weighted by Crippen LogP contribution is 2.32. The van der Waals surface area contributed by atoms with Crippen LogP contribution in [-0.2, 0) is 0 Å². The first-order valence-electron chi connectivity index (χ1n) is 12.8. The van der Waals surface area contributed by atoms with Crippen molar-refractivity contribution in [3.63, 3.8) is 0 Å². The van der Waals surface area contributed by atoms with Gasteiger partial charge >= 0.3 is 0 Å². The zero-order chi connectivity index (χ0) is 23.8. The van der Waals surface area contributed by atoms with Crippen molar-refractivity contribution < 1.29 is 4.79 Å². The summed E-state index contributed by atoms with van der Waals surface area (Å²) in [6.45, 7) is 8.11. The Balaban J connectivity index is 1.34. The number of hydrogen-bond donors (Lipinski definition) is 1. The molecule has 4 rings (SSSR count). The molecule has 4 nitrogen and oxygen atoms in total. The number of benzene rings is 2. The number of anilines is 1.